The molecule has 3 aromatic heterocycles. The number of H-pyrrole nitrogens is 2. The van der Waals surface area contributed by atoms with Gasteiger partial charge in [0.25, 0.3) is 0 Å². The summed E-state index contributed by atoms with van der Waals surface area (Å²) >= 11 is 0. The van der Waals surface area contributed by atoms with Crippen molar-refractivity contribution in [1.82, 2.24) is 19.9 Å². The lowest BCUT2D eigenvalue weighted by Crippen LogP contribution is -2.14. The van der Waals surface area contributed by atoms with E-state index in [-0.39, 0.29) is 36.4 Å². The van der Waals surface area contributed by atoms with Crippen LogP contribution in [-0.2, 0) is 32.0 Å². The number of ether oxygens (including phenoxy) is 1. The van der Waals surface area contributed by atoms with E-state index in [0.717, 1.165) is 50.7 Å². The molecule has 0 fully saturated rings. The van der Waals surface area contributed by atoms with Crippen LogP contribution in [0.25, 0.3) is 39.3 Å². The van der Waals surface area contributed by atoms with Crippen LogP contribution in [0.2, 0.25) is 0 Å². The van der Waals surface area contributed by atoms with Crippen molar-refractivity contribution in [3.8, 4) is 0 Å². The smallest absolute Gasteiger partial charge is 0.338 e. The number of aliphatic carboxylic acids is 2. The van der Waals surface area contributed by atoms with Gasteiger partial charge in [-0.15, -0.1) is 0 Å². The predicted molar refractivity (Wildman–Crippen MR) is 174 cm³/mol. The molecule has 0 radical (unpaired) electrons. The molecule has 5 heterocycles. The lowest BCUT2D eigenvalue weighted by atomic mass is 9.84. The van der Waals surface area contributed by atoms with Crippen LogP contribution in [0.4, 0.5) is 0 Å². The molecule has 10 heteroatoms. The van der Waals surface area contributed by atoms with Crippen LogP contribution in [0.3, 0.4) is 0 Å². The fraction of sp³-hybridized carbons (Fsp3) is 0.343. The number of hydrogen-bond donors (Lipinski definition) is 4. The summed E-state index contributed by atoms with van der Waals surface area (Å²) in [7, 11) is 1.27. The molecular weight excluding hydrogens is 572 g/mol. The fourth-order valence-electron chi connectivity index (χ4n) is 6.59. The number of esters is 1. The minimum absolute atomic E-state index is 0.0256. The van der Waals surface area contributed by atoms with E-state index in [1.165, 1.54) is 7.11 Å². The third-order valence-corrected chi connectivity index (χ3v) is 9.16. The highest BCUT2D eigenvalue weighted by molar-refractivity contribution is 6.24. The van der Waals surface area contributed by atoms with Crippen molar-refractivity contribution >= 4 is 57.2 Å². The number of carboxylic acids is 2. The van der Waals surface area contributed by atoms with E-state index in [1.54, 1.807) is 6.92 Å². The van der Waals surface area contributed by atoms with E-state index >= 15 is 0 Å². The molecule has 8 bridgehead atoms. The molecule has 0 amide bonds. The van der Waals surface area contributed by atoms with Crippen LogP contribution in [0.1, 0.15) is 96.0 Å². The van der Waals surface area contributed by atoms with Gasteiger partial charge < -0.3 is 24.9 Å². The van der Waals surface area contributed by atoms with Crippen molar-refractivity contribution < 1.29 is 29.3 Å². The quantitative estimate of drug-likeness (QED) is 0.207. The van der Waals surface area contributed by atoms with E-state index < -0.39 is 23.8 Å². The van der Waals surface area contributed by atoms with E-state index in [0.29, 0.717) is 28.2 Å². The highest BCUT2D eigenvalue weighted by Gasteiger charge is 2.35. The number of aryl methyl sites for hydroxylation is 3. The summed E-state index contributed by atoms with van der Waals surface area (Å²) in [5.74, 6) is -3.37. The summed E-state index contributed by atoms with van der Waals surface area (Å²) in [6.45, 7) is 13.8. The molecule has 0 aliphatic carbocycles. The molecule has 45 heavy (non-hydrogen) atoms. The Balaban J connectivity index is 2.04. The van der Waals surface area contributed by atoms with Crippen LogP contribution >= 0.6 is 0 Å². The van der Waals surface area contributed by atoms with Gasteiger partial charge in [0, 0.05) is 57.1 Å². The van der Waals surface area contributed by atoms with Crippen LogP contribution in [0, 0.1) is 13.8 Å². The Hall–Kier alpha value is -4.99. The first-order valence-corrected chi connectivity index (χ1v) is 15.0. The van der Waals surface area contributed by atoms with Crippen molar-refractivity contribution in [1.29, 1.82) is 0 Å². The average Bonchev–Trinajstić information content (AvgIpc) is 3.67. The van der Waals surface area contributed by atoms with Gasteiger partial charge in [-0.3, -0.25) is 14.6 Å². The summed E-state index contributed by atoms with van der Waals surface area (Å²) in [6, 6.07) is 5.84. The topological polar surface area (TPSA) is 158 Å². The van der Waals surface area contributed by atoms with Gasteiger partial charge in [0.1, 0.15) is 0 Å². The highest BCUT2D eigenvalue weighted by Crippen LogP contribution is 2.43. The Morgan fingerprint density at radius 2 is 1.67 bits per heavy atom. The number of aromatic amines is 2. The van der Waals surface area contributed by atoms with Crippen LogP contribution in [0.15, 0.2) is 24.8 Å². The maximum Gasteiger partial charge on any atom is 0.338 e. The molecule has 234 valence electrons. The number of aromatic nitrogens is 4. The van der Waals surface area contributed by atoms with Gasteiger partial charge in [-0.2, -0.15) is 0 Å². The zero-order valence-electron chi connectivity index (χ0n) is 26.4. The van der Waals surface area contributed by atoms with Crippen LogP contribution < -0.4 is 0 Å². The Morgan fingerprint density at radius 3 is 2.29 bits per heavy atom. The lowest BCUT2D eigenvalue weighted by Gasteiger charge is -2.17. The summed E-state index contributed by atoms with van der Waals surface area (Å²) in [4.78, 5) is 54.2. The molecule has 3 aromatic rings. The van der Waals surface area contributed by atoms with Gasteiger partial charge in [0.05, 0.1) is 36.2 Å². The molecule has 0 spiro atoms. The maximum atomic E-state index is 12.8. The number of allylic oxidation sites excluding steroid dienone is 1. The third kappa shape index (κ3) is 5.56. The SMILES string of the molecule is C=Cc1c(C)c2cc3nc(c(CC(=O)OC)c4nc(cc5[nH]c(cc1[nH]2)c(C)c5CC)C(C)=C4C(=O)O)[C@@H](CCC(=O)O)[C@@H]3C. The largest absolute Gasteiger partial charge is 0.481 e. The van der Waals surface area contributed by atoms with Gasteiger partial charge in [0.2, 0.25) is 0 Å². The minimum Gasteiger partial charge on any atom is -0.481 e. The number of nitrogens with one attached hydrogen (secondary N) is 2. The number of rotatable bonds is 8. The van der Waals surface area contributed by atoms with E-state index in [9.17, 15) is 24.6 Å². The molecular formula is C35H38N4O6. The van der Waals surface area contributed by atoms with Crippen molar-refractivity contribution in [2.75, 3.05) is 7.11 Å². The number of methoxy groups -OCH3 is 1. The molecule has 10 nitrogen and oxygen atoms in total. The van der Waals surface area contributed by atoms with Gasteiger partial charge >= 0.3 is 17.9 Å². The van der Waals surface area contributed by atoms with Crippen molar-refractivity contribution in [2.45, 2.75) is 72.1 Å². The zero-order valence-corrected chi connectivity index (χ0v) is 26.4. The Bertz CT molecular complexity index is 1960. The minimum atomic E-state index is -1.18. The van der Waals surface area contributed by atoms with E-state index in [1.807, 2.05) is 45.0 Å². The maximum absolute atomic E-state index is 12.8. The predicted octanol–water partition coefficient (Wildman–Crippen LogP) is 6.62. The molecule has 2 aliphatic rings. The first kappa shape index (κ1) is 31.4. The molecule has 5 rings (SSSR count). The Labute approximate surface area is 260 Å². The molecule has 4 N–H and O–H groups in total. The van der Waals surface area contributed by atoms with Crippen molar-refractivity contribution in [3.63, 3.8) is 0 Å². The third-order valence-electron chi connectivity index (χ3n) is 9.16. The second kappa shape index (κ2) is 12.2. The van der Waals surface area contributed by atoms with Crippen molar-refractivity contribution in [2.24, 2.45) is 0 Å². The lowest BCUT2D eigenvalue weighted by molar-refractivity contribution is -0.140. The van der Waals surface area contributed by atoms with Gasteiger partial charge in [-0.1, -0.05) is 26.5 Å². The van der Waals surface area contributed by atoms with Crippen molar-refractivity contribution in [3.05, 3.63) is 75.4 Å². The fourth-order valence-corrected chi connectivity index (χ4v) is 6.59. The molecule has 0 unspecified atom stereocenters. The van der Waals surface area contributed by atoms with E-state index in [4.69, 9.17) is 14.7 Å². The first-order valence-electron chi connectivity index (χ1n) is 15.0. The molecule has 0 saturated heterocycles. The monoisotopic (exact) mass is 610 g/mol. The summed E-state index contributed by atoms with van der Waals surface area (Å²) in [5, 5.41) is 20.0. The summed E-state index contributed by atoms with van der Waals surface area (Å²) in [5.41, 5.74) is 9.93. The normalized spacial score (nSPS) is 16.1. The van der Waals surface area contributed by atoms with Gasteiger partial charge in [-0.05, 0) is 74.1 Å². The van der Waals surface area contributed by atoms with Crippen LogP contribution in [-0.4, -0.2) is 55.2 Å². The summed E-state index contributed by atoms with van der Waals surface area (Å²) in [6.07, 6.45) is 2.39. The second-order valence-corrected chi connectivity index (χ2v) is 11.7. The van der Waals surface area contributed by atoms with E-state index in [2.05, 4.69) is 23.5 Å². The number of hydrogen-bond acceptors (Lipinski definition) is 6. The average molecular weight is 611 g/mol. The highest BCUT2D eigenvalue weighted by atomic mass is 16.5. The first-order chi connectivity index (χ1) is 21.4. The number of fused-ring (bicyclic) bond motifs is 8. The second-order valence-electron chi connectivity index (χ2n) is 11.7. The molecule has 0 saturated carbocycles. The molecule has 2 aliphatic heterocycles. The zero-order chi connectivity index (χ0) is 32.7. The Morgan fingerprint density at radius 1 is 0.978 bits per heavy atom. The number of carbonyl (C=O) groups is 3. The molecule has 0 aromatic carbocycles. The number of nitrogens with zero attached hydrogens (tertiary/aromatic N) is 2. The van der Waals surface area contributed by atoms with Crippen LogP contribution in [0.5, 0.6) is 0 Å². The number of carbonyl (C=O) groups excluding carboxylic acids is 1. The number of carboxylic acid groups (broad SMARTS) is 2. The van der Waals surface area contributed by atoms with Gasteiger partial charge in [-0.25, -0.2) is 9.78 Å². The van der Waals surface area contributed by atoms with Gasteiger partial charge in [0.15, 0.2) is 0 Å². The Kier molecular flexibility index (Phi) is 8.51. The molecule has 2 atom stereocenters. The summed E-state index contributed by atoms with van der Waals surface area (Å²) < 4.78 is 5.03. The standard InChI is InChI=1S/C35H38N4O6/c1-8-20-16(3)24-13-26-18(5)22(10-11-30(40)41)33(38-26)23(12-31(42)45-7)34-32(35(43)44)19(6)27(39-34)15-29-21(9-2)17(4)25(37-29)14-28(20)36-24/h8,13-15,18,22,36-37H,1,9-12H2,2-7H3,(H,40,41)(H,43,44)/t18-,22-/m0/s1.